The lowest BCUT2D eigenvalue weighted by Crippen LogP contribution is -2.19. The van der Waals surface area contributed by atoms with E-state index in [1.807, 2.05) is 6.92 Å². The molecule has 7 heteroatoms. The van der Waals surface area contributed by atoms with Gasteiger partial charge in [0.15, 0.2) is 0 Å². The Morgan fingerprint density at radius 2 is 2.27 bits per heavy atom. The number of thioether (sulfide) groups is 1. The fourth-order valence-corrected chi connectivity index (χ4v) is 1.68. The lowest BCUT2D eigenvalue weighted by Gasteiger charge is -2.01. The van der Waals surface area contributed by atoms with E-state index in [1.54, 1.807) is 13.1 Å². The second kappa shape index (κ2) is 6.47. The highest BCUT2D eigenvalue weighted by atomic mass is 35.5. The zero-order valence-corrected chi connectivity index (χ0v) is 10.1. The Hall–Kier alpha value is -1.01. The molecule has 0 spiro atoms. The third-order valence-electron chi connectivity index (χ3n) is 1.48. The molecule has 0 fully saturated rings. The molecule has 1 heterocycles. The third kappa shape index (κ3) is 4.85. The summed E-state index contributed by atoms with van der Waals surface area (Å²) in [5.74, 6) is 0.543. The highest BCUT2D eigenvalue weighted by Crippen LogP contribution is 2.16. The first-order valence-electron chi connectivity index (χ1n) is 4.06. The molecule has 0 saturated heterocycles. The average molecular weight is 249 g/mol. The summed E-state index contributed by atoms with van der Waals surface area (Å²) in [5, 5.41) is 3.25. The van der Waals surface area contributed by atoms with Crippen molar-refractivity contribution in [2.45, 2.75) is 11.9 Å². The van der Waals surface area contributed by atoms with Gasteiger partial charge in [0.05, 0.1) is 5.75 Å². The average Bonchev–Trinajstić information content (AvgIpc) is 2.12. The van der Waals surface area contributed by atoms with Crippen LogP contribution in [0.25, 0.3) is 0 Å². The topological polar surface area (TPSA) is 80.9 Å². The molecule has 0 aliphatic rings. The number of halogens is 1. The van der Waals surface area contributed by atoms with E-state index < -0.39 is 0 Å². The molecular weight excluding hydrogens is 236 g/mol. The number of nitrogens with zero attached hydrogens (tertiary/aromatic N) is 2. The Kier molecular flexibility index (Phi) is 6.03. The number of carbonyl (C=O) groups is 1. The Morgan fingerprint density at radius 3 is 2.80 bits per heavy atom. The van der Waals surface area contributed by atoms with Crippen molar-refractivity contribution < 1.29 is 4.79 Å². The molecule has 0 bridgehead atoms. The number of aromatic nitrogens is 2. The van der Waals surface area contributed by atoms with Gasteiger partial charge >= 0.3 is 0 Å². The van der Waals surface area contributed by atoms with E-state index in [1.165, 1.54) is 11.8 Å². The SMILES string of the molecule is CNC(=O)CSc1cc(C)nc(N)n1.Cl. The molecule has 0 aliphatic carbocycles. The smallest absolute Gasteiger partial charge is 0.230 e. The molecule has 0 saturated carbocycles. The lowest BCUT2D eigenvalue weighted by molar-refractivity contribution is -0.118. The van der Waals surface area contributed by atoms with E-state index >= 15 is 0 Å². The second-order valence-electron chi connectivity index (χ2n) is 2.67. The minimum atomic E-state index is -0.0372. The van der Waals surface area contributed by atoms with Crippen molar-refractivity contribution in [3.8, 4) is 0 Å². The van der Waals surface area contributed by atoms with Gasteiger partial charge in [0.2, 0.25) is 11.9 Å². The zero-order chi connectivity index (χ0) is 10.6. The zero-order valence-electron chi connectivity index (χ0n) is 8.48. The van der Waals surface area contributed by atoms with Gasteiger partial charge in [-0.2, -0.15) is 0 Å². The maximum atomic E-state index is 10.9. The minimum Gasteiger partial charge on any atom is -0.368 e. The highest BCUT2D eigenvalue weighted by Gasteiger charge is 2.03. The monoisotopic (exact) mass is 248 g/mol. The molecule has 0 atom stereocenters. The summed E-state index contributed by atoms with van der Waals surface area (Å²) in [6.07, 6.45) is 0. The van der Waals surface area contributed by atoms with Crippen molar-refractivity contribution in [3.05, 3.63) is 11.8 Å². The third-order valence-corrected chi connectivity index (χ3v) is 2.39. The van der Waals surface area contributed by atoms with E-state index in [-0.39, 0.29) is 24.3 Å². The largest absolute Gasteiger partial charge is 0.368 e. The van der Waals surface area contributed by atoms with Crippen LogP contribution in [0.5, 0.6) is 0 Å². The number of nitrogen functional groups attached to an aromatic ring is 1. The molecular formula is C8H13ClN4OS. The maximum absolute atomic E-state index is 10.9. The number of rotatable bonds is 3. The van der Waals surface area contributed by atoms with Gasteiger partial charge in [0.25, 0.3) is 0 Å². The van der Waals surface area contributed by atoms with Gasteiger partial charge in [0.1, 0.15) is 5.03 Å². The summed E-state index contributed by atoms with van der Waals surface area (Å²) < 4.78 is 0. The van der Waals surface area contributed by atoms with Crippen molar-refractivity contribution in [1.82, 2.24) is 15.3 Å². The van der Waals surface area contributed by atoms with E-state index in [0.29, 0.717) is 5.75 Å². The fraction of sp³-hybridized carbons (Fsp3) is 0.375. The number of hydrogen-bond acceptors (Lipinski definition) is 5. The lowest BCUT2D eigenvalue weighted by atomic mass is 10.5. The summed E-state index contributed by atoms with van der Waals surface area (Å²) in [5.41, 5.74) is 6.26. The molecule has 0 aromatic carbocycles. The van der Waals surface area contributed by atoms with Gasteiger partial charge in [0, 0.05) is 12.7 Å². The summed E-state index contributed by atoms with van der Waals surface area (Å²) in [6.45, 7) is 1.84. The van der Waals surface area contributed by atoms with Crippen LogP contribution in [0.4, 0.5) is 5.95 Å². The normalized spacial score (nSPS) is 9.20. The molecule has 0 aliphatic heterocycles. The molecule has 1 rings (SSSR count). The van der Waals surface area contributed by atoms with Crippen LogP contribution in [0.3, 0.4) is 0 Å². The van der Waals surface area contributed by atoms with Gasteiger partial charge in [-0.3, -0.25) is 4.79 Å². The molecule has 1 aromatic heterocycles. The van der Waals surface area contributed by atoms with Gasteiger partial charge in [-0.05, 0) is 13.0 Å². The van der Waals surface area contributed by atoms with Crippen molar-refractivity contribution in [3.63, 3.8) is 0 Å². The van der Waals surface area contributed by atoms with Crippen LogP contribution >= 0.6 is 24.2 Å². The van der Waals surface area contributed by atoms with E-state index in [9.17, 15) is 4.79 Å². The Bertz CT molecular complexity index is 327. The van der Waals surface area contributed by atoms with Crippen LogP contribution in [-0.2, 0) is 4.79 Å². The Balaban J connectivity index is 0.00000196. The number of nitrogens with one attached hydrogen (secondary N) is 1. The van der Waals surface area contributed by atoms with Crippen LogP contribution in [0.15, 0.2) is 11.1 Å². The van der Waals surface area contributed by atoms with E-state index in [0.717, 1.165) is 10.7 Å². The summed E-state index contributed by atoms with van der Waals surface area (Å²) >= 11 is 1.34. The first-order valence-corrected chi connectivity index (χ1v) is 5.05. The second-order valence-corrected chi connectivity index (χ2v) is 3.66. The molecule has 1 amide bonds. The summed E-state index contributed by atoms with van der Waals surface area (Å²) in [7, 11) is 1.60. The number of nitrogens with two attached hydrogens (primary N) is 1. The highest BCUT2D eigenvalue weighted by molar-refractivity contribution is 7.99. The Morgan fingerprint density at radius 1 is 1.60 bits per heavy atom. The molecule has 0 unspecified atom stereocenters. The molecule has 84 valence electrons. The van der Waals surface area contributed by atoms with Crippen LogP contribution in [-0.4, -0.2) is 28.7 Å². The van der Waals surface area contributed by atoms with E-state index in [4.69, 9.17) is 5.73 Å². The van der Waals surface area contributed by atoms with Crippen LogP contribution in [0, 0.1) is 6.92 Å². The standard InChI is InChI=1S/C8H12N4OS.ClH/c1-5-3-7(12-8(9)11-5)14-4-6(13)10-2;/h3H,4H2,1-2H3,(H,10,13)(H2,9,11,12);1H. The molecule has 1 aromatic rings. The van der Waals surface area contributed by atoms with Crippen molar-refractivity contribution in [2.75, 3.05) is 18.5 Å². The van der Waals surface area contributed by atoms with Crippen molar-refractivity contribution in [2.24, 2.45) is 0 Å². The van der Waals surface area contributed by atoms with Crippen LogP contribution in [0.2, 0.25) is 0 Å². The fourth-order valence-electron chi connectivity index (χ4n) is 0.847. The van der Waals surface area contributed by atoms with Gasteiger partial charge in [-0.15, -0.1) is 12.4 Å². The van der Waals surface area contributed by atoms with Gasteiger partial charge < -0.3 is 11.1 Å². The van der Waals surface area contributed by atoms with Crippen molar-refractivity contribution in [1.29, 1.82) is 0 Å². The van der Waals surface area contributed by atoms with Crippen LogP contribution < -0.4 is 11.1 Å². The predicted octanol–water partition coefficient (Wildman–Crippen LogP) is 0.627. The molecule has 5 nitrogen and oxygen atoms in total. The number of anilines is 1. The van der Waals surface area contributed by atoms with Gasteiger partial charge in [-0.25, -0.2) is 9.97 Å². The quantitative estimate of drug-likeness (QED) is 0.606. The minimum absolute atomic E-state index is 0. The number of amides is 1. The first-order chi connectivity index (χ1) is 6.61. The summed E-state index contributed by atoms with van der Waals surface area (Å²) in [4.78, 5) is 18.9. The molecule has 3 N–H and O–H groups in total. The molecule has 15 heavy (non-hydrogen) atoms. The maximum Gasteiger partial charge on any atom is 0.230 e. The first kappa shape index (κ1) is 14.0. The Labute approximate surface area is 98.7 Å². The van der Waals surface area contributed by atoms with Gasteiger partial charge in [-0.1, -0.05) is 11.8 Å². The number of carbonyl (C=O) groups excluding carboxylic acids is 1. The number of aryl methyl sites for hydroxylation is 1. The summed E-state index contributed by atoms with van der Waals surface area (Å²) in [6, 6.07) is 1.80. The molecule has 0 radical (unpaired) electrons. The van der Waals surface area contributed by atoms with E-state index in [2.05, 4.69) is 15.3 Å². The predicted molar refractivity (Wildman–Crippen MR) is 63.2 cm³/mol. The number of hydrogen-bond donors (Lipinski definition) is 2. The van der Waals surface area contributed by atoms with Crippen molar-refractivity contribution >= 4 is 36.0 Å². The van der Waals surface area contributed by atoms with Crippen LogP contribution in [0.1, 0.15) is 5.69 Å².